The molecule has 31 heavy (non-hydrogen) atoms. The first-order chi connectivity index (χ1) is 14.8. The van der Waals surface area contributed by atoms with Crippen LogP contribution in [0.5, 0.6) is 0 Å². The number of amides is 1. The lowest BCUT2D eigenvalue weighted by Gasteiger charge is -2.30. The van der Waals surface area contributed by atoms with E-state index < -0.39 is 10.0 Å². The Bertz CT molecular complexity index is 1170. The van der Waals surface area contributed by atoms with Crippen LogP contribution in [0, 0.1) is 6.92 Å². The van der Waals surface area contributed by atoms with Crippen molar-refractivity contribution in [1.82, 2.24) is 14.4 Å². The highest BCUT2D eigenvalue weighted by Gasteiger charge is 2.33. The Balaban J connectivity index is 1.50. The quantitative estimate of drug-likeness (QED) is 0.650. The van der Waals surface area contributed by atoms with Crippen LogP contribution in [0.25, 0.3) is 11.4 Å². The van der Waals surface area contributed by atoms with Gasteiger partial charge in [0.05, 0.1) is 10.8 Å². The standard InChI is InChI=1S/C22H24N4O4S/c1-15-5-7-17(8-6-15)21-24-22(30-25-21)18-4-3-13-26(14-18)31(28,29)20-11-9-19(10-12-20)23-16(2)27/h5-12,18H,3-4,13-14H2,1-2H3,(H,23,27). The molecule has 162 valence electrons. The number of carbonyl (C=O) groups excluding carboxylic acids is 1. The molecule has 0 radical (unpaired) electrons. The number of rotatable bonds is 5. The van der Waals surface area contributed by atoms with Crippen molar-refractivity contribution in [3.63, 3.8) is 0 Å². The Kier molecular flexibility index (Phi) is 5.88. The molecule has 1 aromatic heterocycles. The van der Waals surface area contributed by atoms with E-state index in [2.05, 4.69) is 15.5 Å². The molecule has 0 aliphatic carbocycles. The van der Waals surface area contributed by atoms with Gasteiger partial charge in [-0.1, -0.05) is 35.0 Å². The number of nitrogens with one attached hydrogen (secondary N) is 1. The van der Waals surface area contributed by atoms with E-state index in [1.807, 2.05) is 31.2 Å². The number of benzene rings is 2. The van der Waals surface area contributed by atoms with Crippen molar-refractivity contribution in [2.45, 2.75) is 37.5 Å². The van der Waals surface area contributed by atoms with Gasteiger partial charge in [0.15, 0.2) is 0 Å². The predicted octanol–water partition coefficient (Wildman–Crippen LogP) is 3.57. The number of sulfonamides is 1. The van der Waals surface area contributed by atoms with E-state index in [9.17, 15) is 13.2 Å². The monoisotopic (exact) mass is 440 g/mol. The number of anilines is 1. The van der Waals surface area contributed by atoms with E-state index in [4.69, 9.17) is 4.52 Å². The zero-order valence-electron chi connectivity index (χ0n) is 17.4. The lowest BCUT2D eigenvalue weighted by atomic mass is 10.00. The summed E-state index contributed by atoms with van der Waals surface area (Å²) >= 11 is 0. The molecule has 0 spiro atoms. The first-order valence-electron chi connectivity index (χ1n) is 10.1. The van der Waals surface area contributed by atoms with Crippen LogP contribution in [-0.4, -0.2) is 41.9 Å². The molecule has 0 bridgehead atoms. The zero-order valence-corrected chi connectivity index (χ0v) is 18.2. The fourth-order valence-electron chi connectivity index (χ4n) is 3.65. The van der Waals surface area contributed by atoms with Crippen molar-refractivity contribution in [3.8, 4) is 11.4 Å². The molecule has 1 N–H and O–H groups in total. The summed E-state index contributed by atoms with van der Waals surface area (Å²) in [7, 11) is -3.67. The second-order valence-electron chi connectivity index (χ2n) is 7.73. The maximum Gasteiger partial charge on any atom is 0.243 e. The molecular formula is C22H24N4O4S. The van der Waals surface area contributed by atoms with Gasteiger partial charge in [-0.25, -0.2) is 8.42 Å². The molecule has 2 aromatic carbocycles. The summed E-state index contributed by atoms with van der Waals surface area (Å²) in [6, 6.07) is 14.0. The molecule has 8 nitrogen and oxygen atoms in total. The minimum Gasteiger partial charge on any atom is -0.339 e. The van der Waals surface area contributed by atoms with Gasteiger partial charge in [-0.15, -0.1) is 0 Å². The van der Waals surface area contributed by atoms with Gasteiger partial charge in [-0.3, -0.25) is 4.79 Å². The van der Waals surface area contributed by atoms with Crippen molar-refractivity contribution in [1.29, 1.82) is 0 Å². The lowest BCUT2D eigenvalue weighted by molar-refractivity contribution is -0.114. The highest BCUT2D eigenvalue weighted by atomic mass is 32.2. The van der Waals surface area contributed by atoms with Crippen LogP contribution in [0.2, 0.25) is 0 Å². The average molecular weight is 441 g/mol. The Morgan fingerprint density at radius 2 is 1.84 bits per heavy atom. The van der Waals surface area contributed by atoms with Crippen LogP contribution >= 0.6 is 0 Å². The molecule has 0 saturated carbocycles. The van der Waals surface area contributed by atoms with Crippen molar-refractivity contribution in [2.24, 2.45) is 0 Å². The molecule has 1 unspecified atom stereocenters. The Morgan fingerprint density at radius 1 is 1.13 bits per heavy atom. The van der Waals surface area contributed by atoms with Gasteiger partial charge in [0.2, 0.25) is 27.6 Å². The molecule has 1 saturated heterocycles. The van der Waals surface area contributed by atoms with Gasteiger partial charge >= 0.3 is 0 Å². The van der Waals surface area contributed by atoms with Crippen LogP contribution in [0.15, 0.2) is 57.9 Å². The molecule has 1 aliphatic heterocycles. The predicted molar refractivity (Wildman–Crippen MR) is 116 cm³/mol. The van der Waals surface area contributed by atoms with E-state index in [-0.39, 0.29) is 23.3 Å². The minimum absolute atomic E-state index is 0.158. The second kappa shape index (κ2) is 8.60. The molecule has 1 atom stereocenters. The first kappa shape index (κ1) is 21.2. The van der Waals surface area contributed by atoms with Crippen molar-refractivity contribution >= 4 is 21.6 Å². The van der Waals surface area contributed by atoms with E-state index in [0.717, 1.165) is 17.5 Å². The fourth-order valence-corrected chi connectivity index (χ4v) is 5.17. The summed E-state index contributed by atoms with van der Waals surface area (Å²) in [6.45, 7) is 4.13. The smallest absolute Gasteiger partial charge is 0.243 e. The number of carbonyl (C=O) groups is 1. The SMILES string of the molecule is CC(=O)Nc1ccc(S(=O)(=O)N2CCCC(c3nc(-c4ccc(C)cc4)no3)C2)cc1. The molecule has 9 heteroatoms. The van der Waals surface area contributed by atoms with Gasteiger partial charge in [-0.2, -0.15) is 9.29 Å². The fraction of sp³-hybridized carbons (Fsp3) is 0.318. The molecule has 2 heterocycles. The van der Waals surface area contributed by atoms with E-state index >= 15 is 0 Å². The summed E-state index contributed by atoms with van der Waals surface area (Å²) in [6.07, 6.45) is 1.49. The summed E-state index contributed by atoms with van der Waals surface area (Å²) in [4.78, 5) is 15.9. The molecule has 4 rings (SSSR count). The highest BCUT2D eigenvalue weighted by Crippen LogP contribution is 2.31. The maximum atomic E-state index is 13.1. The summed E-state index contributed by atoms with van der Waals surface area (Å²) in [5.74, 6) is 0.591. The normalized spacial score (nSPS) is 17.4. The molecule has 1 fully saturated rings. The number of aryl methyl sites for hydroxylation is 1. The highest BCUT2D eigenvalue weighted by molar-refractivity contribution is 7.89. The van der Waals surface area contributed by atoms with E-state index in [0.29, 0.717) is 30.4 Å². The van der Waals surface area contributed by atoms with Crippen molar-refractivity contribution in [3.05, 3.63) is 60.0 Å². The Morgan fingerprint density at radius 3 is 2.52 bits per heavy atom. The molecule has 3 aromatic rings. The topological polar surface area (TPSA) is 105 Å². The number of piperidine rings is 1. The minimum atomic E-state index is -3.67. The third-order valence-electron chi connectivity index (χ3n) is 5.30. The van der Waals surface area contributed by atoms with Crippen molar-refractivity contribution < 1.29 is 17.7 Å². The molecular weight excluding hydrogens is 416 g/mol. The Labute approximate surface area is 181 Å². The summed E-state index contributed by atoms with van der Waals surface area (Å²) < 4.78 is 33.2. The van der Waals surface area contributed by atoms with Gasteiger partial charge in [0.25, 0.3) is 0 Å². The van der Waals surface area contributed by atoms with Crippen molar-refractivity contribution in [2.75, 3.05) is 18.4 Å². The van der Waals surface area contributed by atoms with E-state index in [1.54, 1.807) is 12.1 Å². The van der Waals surface area contributed by atoms with Crippen LogP contribution in [0.1, 0.15) is 37.1 Å². The van der Waals surface area contributed by atoms with Gasteiger partial charge < -0.3 is 9.84 Å². The summed E-state index contributed by atoms with van der Waals surface area (Å²) in [5.41, 5.74) is 2.56. The first-order valence-corrected chi connectivity index (χ1v) is 11.6. The maximum absolute atomic E-state index is 13.1. The molecule has 1 amide bonds. The lowest BCUT2D eigenvalue weighted by Crippen LogP contribution is -2.39. The number of hydrogen-bond acceptors (Lipinski definition) is 6. The third kappa shape index (κ3) is 4.67. The van der Waals surface area contributed by atoms with Crippen LogP contribution in [-0.2, 0) is 14.8 Å². The molecule has 1 aliphatic rings. The van der Waals surface area contributed by atoms with Gasteiger partial charge in [0.1, 0.15) is 0 Å². The van der Waals surface area contributed by atoms with E-state index in [1.165, 1.54) is 23.4 Å². The van der Waals surface area contributed by atoms with Crippen LogP contribution in [0.4, 0.5) is 5.69 Å². The largest absolute Gasteiger partial charge is 0.339 e. The van der Waals surface area contributed by atoms with Gasteiger partial charge in [-0.05, 0) is 44.0 Å². The van der Waals surface area contributed by atoms with Gasteiger partial charge in [0, 0.05) is 31.3 Å². The average Bonchev–Trinajstić information content (AvgIpc) is 3.25. The number of nitrogens with zero attached hydrogens (tertiary/aromatic N) is 3. The third-order valence-corrected chi connectivity index (χ3v) is 7.18. The zero-order chi connectivity index (χ0) is 22.0. The van der Waals surface area contributed by atoms with Crippen LogP contribution in [0.3, 0.4) is 0 Å². The summed E-state index contributed by atoms with van der Waals surface area (Å²) in [5, 5.41) is 6.72. The van der Waals surface area contributed by atoms with Crippen LogP contribution < -0.4 is 5.32 Å². The number of hydrogen-bond donors (Lipinski definition) is 1. The number of aromatic nitrogens is 2. The Hall–Kier alpha value is -3.04. The second-order valence-corrected chi connectivity index (χ2v) is 9.67.